The maximum atomic E-state index is 9.94. The fourth-order valence-corrected chi connectivity index (χ4v) is 2.42. The van der Waals surface area contributed by atoms with Gasteiger partial charge < -0.3 is 19.7 Å². The fraction of sp³-hybridized carbons (Fsp3) is 1.00. The van der Waals surface area contributed by atoms with E-state index in [0.29, 0.717) is 26.2 Å². The van der Waals surface area contributed by atoms with E-state index in [9.17, 15) is 10.2 Å². The zero-order valence-electron chi connectivity index (χ0n) is 10.8. The van der Waals surface area contributed by atoms with Gasteiger partial charge in [-0.05, 0) is 25.2 Å². The summed E-state index contributed by atoms with van der Waals surface area (Å²) in [5.41, 5.74) is 0. The first-order valence-electron chi connectivity index (χ1n) is 6.67. The minimum Gasteiger partial charge on any atom is -0.393 e. The molecule has 0 spiro atoms. The van der Waals surface area contributed by atoms with E-state index in [4.69, 9.17) is 9.47 Å². The zero-order chi connectivity index (χ0) is 12.5. The average Bonchev–Trinajstić information content (AvgIpc) is 2.51. The summed E-state index contributed by atoms with van der Waals surface area (Å²) in [6.07, 6.45) is 5.31. The maximum absolute atomic E-state index is 9.94. The van der Waals surface area contributed by atoms with Crippen molar-refractivity contribution in [2.24, 2.45) is 5.92 Å². The van der Waals surface area contributed by atoms with Gasteiger partial charge in [0.15, 0.2) is 0 Å². The van der Waals surface area contributed by atoms with E-state index in [1.807, 2.05) is 0 Å². The molecule has 4 nitrogen and oxygen atoms in total. The summed E-state index contributed by atoms with van der Waals surface area (Å²) in [5, 5.41) is 19.8. The number of methoxy groups -OCH3 is 1. The number of rotatable bonds is 7. The van der Waals surface area contributed by atoms with Crippen LogP contribution >= 0.6 is 0 Å². The Balaban J connectivity index is 2.16. The van der Waals surface area contributed by atoms with Gasteiger partial charge in [0.2, 0.25) is 0 Å². The highest BCUT2D eigenvalue weighted by Gasteiger charge is 2.24. The van der Waals surface area contributed by atoms with E-state index >= 15 is 0 Å². The van der Waals surface area contributed by atoms with E-state index in [1.165, 1.54) is 12.8 Å². The van der Waals surface area contributed by atoms with Crippen LogP contribution in [0, 0.1) is 5.92 Å². The van der Waals surface area contributed by atoms with Crippen molar-refractivity contribution in [3.8, 4) is 0 Å². The molecule has 0 aromatic rings. The van der Waals surface area contributed by atoms with Crippen molar-refractivity contribution in [1.29, 1.82) is 0 Å². The molecular weight excluding hydrogens is 220 g/mol. The summed E-state index contributed by atoms with van der Waals surface area (Å²) in [7, 11) is 1.63. The van der Waals surface area contributed by atoms with E-state index < -0.39 is 6.10 Å². The van der Waals surface area contributed by atoms with Crippen molar-refractivity contribution in [2.75, 3.05) is 26.9 Å². The zero-order valence-corrected chi connectivity index (χ0v) is 10.8. The molecule has 1 aliphatic rings. The molecule has 1 rings (SSSR count). The fourth-order valence-electron chi connectivity index (χ4n) is 2.42. The van der Waals surface area contributed by atoms with Crippen LogP contribution in [0.1, 0.15) is 38.5 Å². The first-order valence-corrected chi connectivity index (χ1v) is 6.67. The van der Waals surface area contributed by atoms with Crippen LogP contribution < -0.4 is 0 Å². The number of aliphatic hydroxyl groups is 2. The van der Waals surface area contributed by atoms with Crippen LogP contribution in [0.2, 0.25) is 0 Å². The molecule has 102 valence electrons. The van der Waals surface area contributed by atoms with Gasteiger partial charge in [-0.1, -0.05) is 19.3 Å². The first-order chi connectivity index (χ1) is 8.24. The highest BCUT2D eigenvalue weighted by Crippen LogP contribution is 2.27. The molecule has 1 saturated carbocycles. The highest BCUT2D eigenvalue weighted by atomic mass is 16.5. The Morgan fingerprint density at radius 2 is 1.94 bits per heavy atom. The molecule has 0 aromatic heterocycles. The summed E-state index contributed by atoms with van der Waals surface area (Å²) in [6.45, 7) is 1.41. The molecule has 1 aliphatic carbocycles. The summed E-state index contributed by atoms with van der Waals surface area (Å²) >= 11 is 0. The lowest BCUT2D eigenvalue weighted by Crippen LogP contribution is -2.27. The molecular formula is C13H26O4. The molecule has 0 heterocycles. The summed E-state index contributed by atoms with van der Waals surface area (Å²) in [4.78, 5) is 0. The Morgan fingerprint density at radius 1 is 1.18 bits per heavy atom. The standard InChI is InChI=1S/C13H26O4/c1-16-7-8-17-10-12(14)9-11-5-3-2-4-6-13(11)15/h11-15H,2-10H2,1H3. The minimum absolute atomic E-state index is 0.235. The summed E-state index contributed by atoms with van der Waals surface area (Å²) < 4.78 is 10.1. The number of hydrogen-bond donors (Lipinski definition) is 2. The Bertz CT molecular complexity index is 186. The van der Waals surface area contributed by atoms with Gasteiger partial charge in [-0.25, -0.2) is 0 Å². The smallest absolute Gasteiger partial charge is 0.0777 e. The van der Waals surface area contributed by atoms with Gasteiger partial charge in [0.05, 0.1) is 32.0 Å². The lowest BCUT2D eigenvalue weighted by atomic mass is 9.91. The second-order valence-electron chi connectivity index (χ2n) is 4.92. The van der Waals surface area contributed by atoms with E-state index in [1.54, 1.807) is 7.11 Å². The van der Waals surface area contributed by atoms with Gasteiger partial charge in [-0.2, -0.15) is 0 Å². The minimum atomic E-state index is -0.468. The quantitative estimate of drug-likeness (QED) is 0.526. The Kier molecular flexibility index (Phi) is 7.77. The topological polar surface area (TPSA) is 58.9 Å². The summed E-state index contributed by atoms with van der Waals surface area (Å²) in [5.74, 6) is 0.235. The predicted molar refractivity (Wildman–Crippen MR) is 65.9 cm³/mol. The van der Waals surface area contributed by atoms with Gasteiger partial charge >= 0.3 is 0 Å². The first kappa shape index (κ1) is 14.9. The third-order valence-corrected chi connectivity index (χ3v) is 3.44. The van der Waals surface area contributed by atoms with Crippen molar-refractivity contribution in [1.82, 2.24) is 0 Å². The van der Waals surface area contributed by atoms with Crippen LogP contribution in [0.15, 0.2) is 0 Å². The van der Waals surface area contributed by atoms with Crippen molar-refractivity contribution in [2.45, 2.75) is 50.7 Å². The molecule has 1 fully saturated rings. The van der Waals surface area contributed by atoms with Gasteiger partial charge in [-0.15, -0.1) is 0 Å². The average molecular weight is 246 g/mol. The molecule has 3 unspecified atom stereocenters. The lowest BCUT2D eigenvalue weighted by Gasteiger charge is -2.23. The van der Waals surface area contributed by atoms with Gasteiger partial charge in [0.25, 0.3) is 0 Å². The SMILES string of the molecule is COCCOCC(O)CC1CCCCCC1O. The monoisotopic (exact) mass is 246 g/mol. The normalized spacial score (nSPS) is 27.7. The van der Waals surface area contributed by atoms with Gasteiger partial charge in [0, 0.05) is 7.11 Å². The number of ether oxygens (including phenoxy) is 2. The van der Waals surface area contributed by atoms with Crippen molar-refractivity contribution in [3.05, 3.63) is 0 Å². The molecule has 0 bridgehead atoms. The van der Waals surface area contributed by atoms with Crippen LogP contribution in [0.3, 0.4) is 0 Å². The number of aliphatic hydroxyl groups excluding tert-OH is 2. The third kappa shape index (κ3) is 6.36. The van der Waals surface area contributed by atoms with Crippen LogP contribution in [-0.4, -0.2) is 49.4 Å². The predicted octanol–water partition coefficient (Wildman–Crippen LogP) is 1.34. The van der Waals surface area contributed by atoms with Crippen molar-refractivity contribution in [3.63, 3.8) is 0 Å². The van der Waals surface area contributed by atoms with Gasteiger partial charge in [-0.3, -0.25) is 0 Å². The van der Waals surface area contributed by atoms with E-state index in [0.717, 1.165) is 19.3 Å². The maximum Gasteiger partial charge on any atom is 0.0777 e. The molecule has 0 saturated heterocycles. The van der Waals surface area contributed by atoms with Crippen LogP contribution in [0.25, 0.3) is 0 Å². The largest absolute Gasteiger partial charge is 0.393 e. The summed E-state index contributed by atoms with van der Waals surface area (Å²) in [6, 6.07) is 0. The van der Waals surface area contributed by atoms with Crippen LogP contribution in [-0.2, 0) is 9.47 Å². The Hall–Kier alpha value is -0.160. The van der Waals surface area contributed by atoms with Crippen molar-refractivity contribution >= 4 is 0 Å². The molecule has 0 aliphatic heterocycles. The lowest BCUT2D eigenvalue weighted by molar-refractivity contribution is -0.00945. The molecule has 3 atom stereocenters. The molecule has 17 heavy (non-hydrogen) atoms. The molecule has 0 amide bonds. The Morgan fingerprint density at radius 3 is 2.71 bits per heavy atom. The van der Waals surface area contributed by atoms with Gasteiger partial charge in [0.1, 0.15) is 0 Å². The molecule has 4 heteroatoms. The molecule has 2 N–H and O–H groups in total. The van der Waals surface area contributed by atoms with E-state index in [-0.39, 0.29) is 12.0 Å². The molecule has 0 radical (unpaired) electrons. The third-order valence-electron chi connectivity index (χ3n) is 3.44. The number of hydrogen-bond acceptors (Lipinski definition) is 4. The highest BCUT2D eigenvalue weighted by molar-refractivity contribution is 4.75. The van der Waals surface area contributed by atoms with E-state index in [2.05, 4.69) is 0 Å². The Labute approximate surface area is 104 Å². The van der Waals surface area contributed by atoms with Crippen LogP contribution in [0.4, 0.5) is 0 Å². The molecule has 0 aromatic carbocycles. The van der Waals surface area contributed by atoms with Crippen LogP contribution in [0.5, 0.6) is 0 Å². The second-order valence-corrected chi connectivity index (χ2v) is 4.92. The second kappa shape index (κ2) is 8.86. The van der Waals surface area contributed by atoms with Crippen molar-refractivity contribution < 1.29 is 19.7 Å².